The summed E-state index contributed by atoms with van der Waals surface area (Å²) in [6.07, 6.45) is 1.21. The molecule has 0 aliphatic carbocycles. The molecule has 0 aromatic heterocycles. The van der Waals surface area contributed by atoms with E-state index < -0.39 is 10.0 Å². The molecule has 1 heterocycles. The summed E-state index contributed by atoms with van der Waals surface area (Å²) in [5.74, 6) is 0.0104. The van der Waals surface area contributed by atoms with Gasteiger partial charge in [-0.05, 0) is 24.1 Å². The third kappa shape index (κ3) is 4.31. The Bertz CT molecular complexity index is 620. The molecule has 23 heavy (non-hydrogen) atoms. The number of nitrogens with zero attached hydrogens (tertiary/aromatic N) is 2. The second-order valence-corrected chi connectivity index (χ2v) is 7.46. The Labute approximate surface area is 138 Å². The number of amides is 1. The van der Waals surface area contributed by atoms with Crippen molar-refractivity contribution in [3.63, 3.8) is 0 Å². The highest BCUT2D eigenvalue weighted by atomic mass is 32.2. The van der Waals surface area contributed by atoms with E-state index in [1.807, 2.05) is 19.1 Å². The lowest BCUT2D eigenvalue weighted by atomic mass is 10.2. The number of ether oxygens (including phenoxy) is 1. The van der Waals surface area contributed by atoms with Crippen molar-refractivity contribution in [2.75, 3.05) is 39.9 Å². The van der Waals surface area contributed by atoms with Gasteiger partial charge in [0.2, 0.25) is 15.9 Å². The number of methoxy groups -OCH3 is 1. The minimum absolute atomic E-state index is 0.0104. The zero-order chi connectivity index (χ0) is 16.9. The normalized spacial score (nSPS) is 16.5. The van der Waals surface area contributed by atoms with Crippen LogP contribution < -0.4 is 0 Å². The van der Waals surface area contributed by atoms with Crippen LogP contribution in [0, 0.1) is 0 Å². The van der Waals surface area contributed by atoms with Crippen LogP contribution in [0.2, 0.25) is 0 Å². The lowest BCUT2D eigenvalue weighted by Crippen LogP contribution is -2.50. The summed E-state index contributed by atoms with van der Waals surface area (Å²) in [6.45, 7) is 3.93. The first-order valence-corrected chi connectivity index (χ1v) is 9.29. The molecule has 1 fully saturated rings. The van der Waals surface area contributed by atoms with E-state index in [2.05, 4.69) is 0 Å². The van der Waals surface area contributed by atoms with Gasteiger partial charge in [0.25, 0.3) is 0 Å². The van der Waals surface area contributed by atoms with Crippen LogP contribution in [0.25, 0.3) is 0 Å². The monoisotopic (exact) mass is 340 g/mol. The Kier molecular flexibility index (Phi) is 6.15. The number of piperazine rings is 1. The summed E-state index contributed by atoms with van der Waals surface area (Å²) in [4.78, 5) is 13.9. The number of rotatable bonds is 6. The van der Waals surface area contributed by atoms with Crippen LogP contribution in [0.15, 0.2) is 29.2 Å². The Morgan fingerprint density at radius 1 is 1.13 bits per heavy atom. The van der Waals surface area contributed by atoms with Crippen molar-refractivity contribution in [3.8, 4) is 0 Å². The van der Waals surface area contributed by atoms with Crippen molar-refractivity contribution in [2.45, 2.75) is 24.7 Å². The second kappa shape index (κ2) is 7.90. The molecule has 6 nitrogen and oxygen atoms in total. The van der Waals surface area contributed by atoms with Crippen molar-refractivity contribution >= 4 is 15.9 Å². The maximum absolute atomic E-state index is 12.6. The number of aryl methyl sites for hydroxylation is 1. The lowest BCUT2D eigenvalue weighted by Gasteiger charge is -2.34. The van der Waals surface area contributed by atoms with Crippen LogP contribution in [-0.4, -0.2) is 63.4 Å². The zero-order valence-corrected chi connectivity index (χ0v) is 14.5. The van der Waals surface area contributed by atoms with E-state index in [-0.39, 0.29) is 5.91 Å². The van der Waals surface area contributed by atoms with Crippen molar-refractivity contribution in [1.82, 2.24) is 9.21 Å². The molecule has 1 aromatic rings. The fourth-order valence-corrected chi connectivity index (χ4v) is 3.99. The van der Waals surface area contributed by atoms with E-state index >= 15 is 0 Å². The number of carbonyl (C=O) groups excluding carboxylic acids is 1. The average molecular weight is 340 g/mol. The fourth-order valence-electron chi connectivity index (χ4n) is 2.57. The molecule has 1 aromatic carbocycles. The van der Waals surface area contributed by atoms with Crippen LogP contribution in [0.5, 0.6) is 0 Å². The summed E-state index contributed by atoms with van der Waals surface area (Å²) in [6, 6.07) is 7.00. The molecule has 1 amide bonds. The van der Waals surface area contributed by atoms with E-state index in [9.17, 15) is 13.2 Å². The fraction of sp³-hybridized carbons (Fsp3) is 0.562. The van der Waals surface area contributed by atoms with Crippen LogP contribution in [0.1, 0.15) is 18.9 Å². The summed E-state index contributed by atoms with van der Waals surface area (Å²) in [5.41, 5.74) is 1.11. The van der Waals surface area contributed by atoms with Crippen molar-refractivity contribution in [1.29, 1.82) is 0 Å². The molecule has 7 heteroatoms. The van der Waals surface area contributed by atoms with Gasteiger partial charge in [0, 0.05) is 33.3 Å². The number of sulfonamides is 1. The highest BCUT2D eigenvalue weighted by Gasteiger charge is 2.29. The van der Waals surface area contributed by atoms with E-state index in [4.69, 9.17) is 4.74 Å². The maximum Gasteiger partial charge on any atom is 0.243 e. The minimum atomic E-state index is -3.48. The van der Waals surface area contributed by atoms with Gasteiger partial charge >= 0.3 is 0 Å². The SMILES string of the molecule is CCc1ccc(S(=O)(=O)N2CCN(C(=O)CCOC)CC2)cc1. The molecule has 0 bridgehead atoms. The summed E-state index contributed by atoms with van der Waals surface area (Å²) in [5, 5.41) is 0. The van der Waals surface area contributed by atoms with Gasteiger partial charge in [-0.15, -0.1) is 0 Å². The molecule has 2 rings (SSSR count). The van der Waals surface area contributed by atoms with Gasteiger partial charge in [-0.2, -0.15) is 4.31 Å². The van der Waals surface area contributed by atoms with Gasteiger partial charge in [0.05, 0.1) is 17.9 Å². The maximum atomic E-state index is 12.6. The quantitative estimate of drug-likeness (QED) is 0.778. The molecule has 0 saturated carbocycles. The van der Waals surface area contributed by atoms with Crippen molar-refractivity contribution in [2.24, 2.45) is 0 Å². The van der Waals surface area contributed by atoms with E-state index in [1.165, 1.54) is 4.31 Å². The molecule has 1 aliphatic rings. The Balaban J connectivity index is 1.99. The van der Waals surface area contributed by atoms with Crippen LogP contribution >= 0.6 is 0 Å². The third-order valence-electron chi connectivity index (χ3n) is 4.08. The predicted molar refractivity (Wildman–Crippen MR) is 87.7 cm³/mol. The second-order valence-electron chi connectivity index (χ2n) is 5.53. The van der Waals surface area contributed by atoms with Gasteiger partial charge < -0.3 is 9.64 Å². The number of hydrogen-bond acceptors (Lipinski definition) is 4. The molecule has 0 radical (unpaired) electrons. The first-order chi connectivity index (χ1) is 11.0. The van der Waals surface area contributed by atoms with Crippen molar-refractivity contribution < 1.29 is 17.9 Å². The largest absolute Gasteiger partial charge is 0.384 e. The molecular weight excluding hydrogens is 316 g/mol. The van der Waals surface area contributed by atoms with E-state index in [1.54, 1.807) is 24.1 Å². The highest BCUT2D eigenvalue weighted by molar-refractivity contribution is 7.89. The van der Waals surface area contributed by atoms with Gasteiger partial charge in [-0.3, -0.25) is 4.79 Å². The molecule has 0 N–H and O–H groups in total. The molecule has 0 spiro atoms. The molecule has 1 saturated heterocycles. The average Bonchev–Trinajstić information content (AvgIpc) is 2.59. The van der Waals surface area contributed by atoms with E-state index in [0.717, 1.165) is 12.0 Å². The molecule has 1 aliphatic heterocycles. The predicted octanol–water partition coefficient (Wildman–Crippen LogP) is 1.12. The number of carbonyl (C=O) groups is 1. The zero-order valence-electron chi connectivity index (χ0n) is 13.7. The van der Waals surface area contributed by atoms with Crippen LogP contribution in [0.4, 0.5) is 0 Å². The molecule has 128 valence electrons. The lowest BCUT2D eigenvalue weighted by molar-refractivity contribution is -0.133. The summed E-state index contributed by atoms with van der Waals surface area (Å²) in [7, 11) is -1.93. The molecular formula is C16H24N2O4S. The van der Waals surface area contributed by atoms with Gasteiger partial charge in [0.1, 0.15) is 0 Å². The Hall–Kier alpha value is -1.44. The third-order valence-corrected chi connectivity index (χ3v) is 5.99. The Morgan fingerprint density at radius 2 is 1.74 bits per heavy atom. The van der Waals surface area contributed by atoms with Crippen LogP contribution in [0.3, 0.4) is 0 Å². The van der Waals surface area contributed by atoms with Gasteiger partial charge in [0.15, 0.2) is 0 Å². The van der Waals surface area contributed by atoms with Gasteiger partial charge in [-0.25, -0.2) is 8.42 Å². The molecule has 0 atom stereocenters. The standard InChI is InChI=1S/C16H24N2O4S/c1-3-14-4-6-15(7-5-14)23(20,21)18-11-9-17(10-12-18)16(19)8-13-22-2/h4-7H,3,8-13H2,1-2H3. The first kappa shape index (κ1) is 17.9. The highest BCUT2D eigenvalue weighted by Crippen LogP contribution is 2.18. The summed E-state index contributed by atoms with van der Waals surface area (Å²) < 4.78 is 31.6. The molecule has 0 unspecified atom stereocenters. The van der Waals surface area contributed by atoms with Crippen molar-refractivity contribution in [3.05, 3.63) is 29.8 Å². The smallest absolute Gasteiger partial charge is 0.243 e. The van der Waals surface area contributed by atoms with E-state index in [0.29, 0.717) is 44.1 Å². The Morgan fingerprint density at radius 3 is 2.26 bits per heavy atom. The summed E-state index contributed by atoms with van der Waals surface area (Å²) >= 11 is 0. The van der Waals surface area contributed by atoms with Gasteiger partial charge in [-0.1, -0.05) is 19.1 Å². The topological polar surface area (TPSA) is 66.9 Å². The first-order valence-electron chi connectivity index (χ1n) is 7.85. The number of hydrogen-bond donors (Lipinski definition) is 0. The number of benzene rings is 1. The van der Waals surface area contributed by atoms with Crippen LogP contribution in [-0.2, 0) is 26.0 Å². The minimum Gasteiger partial charge on any atom is -0.384 e.